The molecule has 1 fully saturated rings. The van der Waals surface area contributed by atoms with E-state index in [2.05, 4.69) is 13.8 Å². The van der Waals surface area contributed by atoms with E-state index >= 15 is 0 Å². The van der Waals surface area contributed by atoms with Gasteiger partial charge in [0.15, 0.2) is 0 Å². The van der Waals surface area contributed by atoms with E-state index in [1.807, 2.05) is 29.2 Å². The minimum atomic E-state index is 0.136. The Labute approximate surface area is 109 Å². The normalized spacial score (nSPS) is 23.8. The summed E-state index contributed by atoms with van der Waals surface area (Å²) >= 11 is 0. The summed E-state index contributed by atoms with van der Waals surface area (Å²) in [5.74, 6) is 0.920. The van der Waals surface area contributed by atoms with Crippen molar-refractivity contribution < 1.29 is 9.53 Å². The van der Waals surface area contributed by atoms with Crippen molar-refractivity contribution in [2.75, 3.05) is 7.11 Å². The van der Waals surface area contributed by atoms with Crippen LogP contribution in [0, 0.1) is 0 Å². The number of benzene rings is 1. The van der Waals surface area contributed by atoms with E-state index in [4.69, 9.17) is 4.74 Å². The molecule has 98 valence electrons. The number of hydrogen-bond acceptors (Lipinski definition) is 2. The molecule has 1 saturated heterocycles. The van der Waals surface area contributed by atoms with Crippen LogP contribution in [0.3, 0.4) is 0 Å². The van der Waals surface area contributed by atoms with Gasteiger partial charge in [-0.25, -0.2) is 0 Å². The van der Waals surface area contributed by atoms with Gasteiger partial charge in [0.1, 0.15) is 5.75 Å². The molecule has 1 aliphatic rings. The molecular weight excluding hydrogens is 226 g/mol. The van der Waals surface area contributed by atoms with Gasteiger partial charge >= 0.3 is 0 Å². The second-order valence-electron chi connectivity index (χ2n) is 5.07. The quantitative estimate of drug-likeness (QED) is 0.803. The van der Waals surface area contributed by atoms with Crippen LogP contribution in [0.25, 0.3) is 0 Å². The van der Waals surface area contributed by atoms with Gasteiger partial charge in [-0.05, 0) is 57.4 Å². The summed E-state index contributed by atoms with van der Waals surface area (Å²) in [7, 11) is 1.63. The molecule has 0 aromatic heterocycles. The molecule has 2 atom stereocenters. The number of carbonyl (C=O) groups excluding carboxylic acids is 1. The highest BCUT2D eigenvalue weighted by atomic mass is 16.5. The van der Waals surface area contributed by atoms with Crippen molar-refractivity contribution in [2.45, 2.75) is 45.2 Å². The zero-order chi connectivity index (χ0) is 13.1. The summed E-state index contributed by atoms with van der Waals surface area (Å²) in [6.07, 6.45) is 3.42. The molecule has 0 spiro atoms. The predicted molar refractivity (Wildman–Crippen MR) is 71.9 cm³/mol. The fourth-order valence-corrected chi connectivity index (χ4v) is 2.70. The lowest BCUT2D eigenvalue weighted by Gasteiger charge is -2.39. The van der Waals surface area contributed by atoms with Crippen molar-refractivity contribution in [3.63, 3.8) is 0 Å². The van der Waals surface area contributed by atoms with Crippen LogP contribution in [-0.2, 0) is 0 Å². The summed E-state index contributed by atoms with van der Waals surface area (Å²) < 4.78 is 5.11. The van der Waals surface area contributed by atoms with Crippen LogP contribution in [0.1, 0.15) is 43.5 Å². The zero-order valence-corrected chi connectivity index (χ0v) is 11.3. The van der Waals surface area contributed by atoms with Gasteiger partial charge < -0.3 is 9.64 Å². The van der Waals surface area contributed by atoms with Gasteiger partial charge in [0.25, 0.3) is 5.91 Å². The molecule has 1 aliphatic heterocycles. The molecule has 2 rings (SSSR count). The van der Waals surface area contributed by atoms with Crippen molar-refractivity contribution in [1.82, 2.24) is 4.90 Å². The van der Waals surface area contributed by atoms with Crippen LogP contribution in [-0.4, -0.2) is 30.0 Å². The first kappa shape index (κ1) is 12.9. The lowest BCUT2D eigenvalue weighted by atomic mass is 9.96. The van der Waals surface area contributed by atoms with Crippen molar-refractivity contribution in [3.8, 4) is 5.75 Å². The third-order valence-corrected chi connectivity index (χ3v) is 3.77. The summed E-state index contributed by atoms with van der Waals surface area (Å²) in [6.45, 7) is 4.27. The summed E-state index contributed by atoms with van der Waals surface area (Å²) in [6, 6.07) is 8.04. The molecular formula is C15H21NO2. The number of rotatable bonds is 2. The third kappa shape index (κ3) is 2.50. The Morgan fingerprint density at radius 2 is 1.72 bits per heavy atom. The fraction of sp³-hybridized carbons (Fsp3) is 0.533. The standard InChI is InChI=1S/C15H21NO2/c1-11-5-4-6-12(2)16(11)15(17)13-7-9-14(18-3)10-8-13/h7-12H,4-6H2,1-3H3. The van der Waals surface area contributed by atoms with Crippen molar-refractivity contribution in [3.05, 3.63) is 29.8 Å². The number of likely N-dealkylation sites (tertiary alicyclic amines) is 1. The molecule has 18 heavy (non-hydrogen) atoms. The van der Waals surface area contributed by atoms with E-state index in [0.717, 1.165) is 24.2 Å². The predicted octanol–water partition coefficient (Wildman–Crippen LogP) is 3.10. The van der Waals surface area contributed by atoms with Crippen molar-refractivity contribution >= 4 is 5.91 Å². The van der Waals surface area contributed by atoms with Crippen LogP contribution in [0.2, 0.25) is 0 Å². The molecule has 0 bridgehead atoms. The molecule has 0 radical (unpaired) electrons. The maximum Gasteiger partial charge on any atom is 0.254 e. The Morgan fingerprint density at radius 1 is 1.17 bits per heavy atom. The van der Waals surface area contributed by atoms with Crippen LogP contribution in [0.15, 0.2) is 24.3 Å². The van der Waals surface area contributed by atoms with Crippen molar-refractivity contribution in [1.29, 1.82) is 0 Å². The van der Waals surface area contributed by atoms with Crippen LogP contribution >= 0.6 is 0 Å². The molecule has 2 unspecified atom stereocenters. The molecule has 0 saturated carbocycles. The van der Waals surface area contributed by atoms with E-state index in [1.165, 1.54) is 6.42 Å². The van der Waals surface area contributed by atoms with Gasteiger partial charge in [-0.15, -0.1) is 0 Å². The second-order valence-corrected chi connectivity index (χ2v) is 5.07. The highest BCUT2D eigenvalue weighted by molar-refractivity contribution is 5.94. The molecule has 1 heterocycles. The van der Waals surface area contributed by atoms with Crippen LogP contribution in [0.5, 0.6) is 5.75 Å². The average Bonchev–Trinajstić information content (AvgIpc) is 2.38. The Kier molecular flexibility index (Phi) is 3.90. The van der Waals surface area contributed by atoms with Gasteiger partial charge in [0.2, 0.25) is 0 Å². The first-order valence-electron chi connectivity index (χ1n) is 6.60. The van der Waals surface area contributed by atoms with E-state index in [0.29, 0.717) is 12.1 Å². The highest BCUT2D eigenvalue weighted by Crippen LogP contribution is 2.25. The van der Waals surface area contributed by atoms with E-state index < -0.39 is 0 Å². The van der Waals surface area contributed by atoms with Crippen LogP contribution < -0.4 is 4.74 Å². The fourth-order valence-electron chi connectivity index (χ4n) is 2.70. The molecule has 0 N–H and O–H groups in total. The topological polar surface area (TPSA) is 29.5 Å². The van der Waals surface area contributed by atoms with Gasteiger partial charge in [-0.2, -0.15) is 0 Å². The number of methoxy groups -OCH3 is 1. The zero-order valence-electron chi connectivity index (χ0n) is 11.3. The number of nitrogens with zero attached hydrogens (tertiary/aromatic N) is 1. The Balaban J connectivity index is 2.18. The molecule has 1 aromatic carbocycles. The minimum Gasteiger partial charge on any atom is -0.497 e. The van der Waals surface area contributed by atoms with Gasteiger partial charge in [0.05, 0.1) is 7.11 Å². The lowest BCUT2D eigenvalue weighted by Crippen LogP contribution is -2.47. The molecule has 3 heteroatoms. The minimum absolute atomic E-state index is 0.136. The largest absolute Gasteiger partial charge is 0.497 e. The van der Waals surface area contributed by atoms with Gasteiger partial charge in [0, 0.05) is 17.6 Å². The summed E-state index contributed by atoms with van der Waals surface area (Å²) in [4.78, 5) is 14.5. The Bertz CT molecular complexity index is 403. The monoisotopic (exact) mass is 247 g/mol. The molecule has 3 nitrogen and oxygen atoms in total. The number of piperidine rings is 1. The molecule has 0 aliphatic carbocycles. The summed E-state index contributed by atoms with van der Waals surface area (Å²) in [5, 5.41) is 0. The second kappa shape index (κ2) is 5.42. The summed E-state index contributed by atoms with van der Waals surface area (Å²) in [5.41, 5.74) is 0.747. The highest BCUT2D eigenvalue weighted by Gasteiger charge is 2.29. The molecule has 1 amide bonds. The first-order chi connectivity index (χ1) is 8.63. The van der Waals surface area contributed by atoms with Gasteiger partial charge in [-0.3, -0.25) is 4.79 Å². The number of amides is 1. The lowest BCUT2D eigenvalue weighted by molar-refractivity contribution is 0.0511. The smallest absolute Gasteiger partial charge is 0.254 e. The van der Waals surface area contributed by atoms with Crippen LogP contribution in [0.4, 0.5) is 0 Å². The Morgan fingerprint density at radius 3 is 2.22 bits per heavy atom. The first-order valence-corrected chi connectivity index (χ1v) is 6.60. The maximum atomic E-state index is 12.5. The maximum absolute atomic E-state index is 12.5. The SMILES string of the molecule is COc1ccc(C(=O)N2C(C)CCCC2C)cc1. The average molecular weight is 247 g/mol. The van der Waals surface area contributed by atoms with E-state index in [9.17, 15) is 4.79 Å². The third-order valence-electron chi connectivity index (χ3n) is 3.77. The Hall–Kier alpha value is -1.51. The van der Waals surface area contributed by atoms with E-state index in [-0.39, 0.29) is 5.91 Å². The number of ether oxygens (including phenoxy) is 1. The number of hydrogen-bond donors (Lipinski definition) is 0. The van der Waals surface area contributed by atoms with E-state index in [1.54, 1.807) is 7.11 Å². The number of carbonyl (C=O) groups is 1. The van der Waals surface area contributed by atoms with Crippen molar-refractivity contribution in [2.24, 2.45) is 0 Å². The molecule has 1 aromatic rings. The van der Waals surface area contributed by atoms with Gasteiger partial charge in [-0.1, -0.05) is 0 Å².